The van der Waals surface area contributed by atoms with Gasteiger partial charge in [0.1, 0.15) is 16.6 Å². The van der Waals surface area contributed by atoms with Crippen molar-refractivity contribution < 1.29 is 9.16 Å². The molecule has 1 fully saturated rings. The van der Waals surface area contributed by atoms with Crippen LogP contribution in [-0.4, -0.2) is 40.9 Å². The van der Waals surface area contributed by atoms with E-state index < -0.39 is 8.32 Å². The molecule has 0 bridgehead atoms. The van der Waals surface area contributed by atoms with Crippen molar-refractivity contribution in [2.24, 2.45) is 0 Å². The number of rotatable bonds is 5. The van der Waals surface area contributed by atoms with Crippen molar-refractivity contribution in [1.82, 2.24) is 19.7 Å². The van der Waals surface area contributed by atoms with Gasteiger partial charge in [0.05, 0.1) is 11.2 Å². The summed E-state index contributed by atoms with van der Waals surface area (Å²) in [5.74, 6) is 0.861. The molecule has 6 nitrogen and oxygen atoms in total. The number of fused-ring (bicyclic) bond motifs is 1. The van der Waals surface area contributed by atoms with Gasteiger partial charge >= 0.3 is 0 Å². The minimum absolute atomic E-state index is 0.0792. The molecule has 9 heteroatoms. The number of aromatic nitrogens is 4. The molecule has 0 amide bonds. The first-order valence-corrected chi connectivity index (χ1v) is 15.5. The topological polar surface area (TPSA) is 62.1 Å². The van der Waals surface area contributed by atoms with Gasteiger partial charge < -0.3 is 9.16 Å². The standard InChI is InChI=1S/C23H31ClN4O2SSi/c1-23(2,3)32(5,6)30-15-10-11-18-16(13-15)21(17-14-19(24)26-22(25-17)31-4)27-28(18)20-9-7-8-12-29-20/h10-11,13-14,20H,7-9,12H2,1-6H3. The summed E-state index contributed by atoms with van der Waals surface area (Å²) in [6, 6.07) is 8.00. The van der Waals surface area contributed by atoms with Gasteiger partial charge in [-0.25, -0.2) is 14.6 Å². The maximum Gasteiger partial charge on any atom is 0.250 e. The summed E-state index contributed by atoms with van der Waals surface area (Å²) in [6.07, 6.45) is 5.02. The van der Waals surface area contributed by atoms with E-state index in [1.807, 2.05) is 17.0 Å². The number of halogens is 1. The number of hydrogen-bond acceptors (Lipinski definition) is 6. The summed E-state index contributed by atoms with van der Waals surface area (Å²) < 4.78 is 14.6. The van der Waals surface area contributed by atoms with Gasteiger partial charge in [0.15, 0.2) is 11.4 Å². The van der Waals surface area contributed by atoms with Crippen LogP contribution in [-0.2, 0) is 4.74 Å². The minimum Gasteiger partial charge on any atom is -0.543 e. The first kappa shape index (κ1) is 23.5. The molecule has 0 aliphatic carbocycles. The van der Waals surface area contributed by atoms with Crippen molar-refractivity contribution in [3.05, 3.63) is 29.4 Å². The molecule has 1 aromatic carbocycles. The van der Waals surface area contributed by atoms with Gasteiger partial charge in [-0.3, -0.25) is 0 Å². The van der Waals surface area contributed by atoms with Gasteiger partial charge in [0.2, 0.25) is 8.32 Å². The Morgan fingerprint density at radius 2 is 1.97 bits per heavy atom. The molecule has 1 aliphatic rings. The van der Waals surface area contributed by atoms with Crippen LogP contribution in [0.25, 0.3) is 22.3 Å². The summed E-state index contributed by atoms with van der Waals surface area (Å²) in [4.78, 5) is 8.98. The molecule has 1 unspecified atom stereocenters. The number of nitrogens with zero attached hydrogens (tertiary/aromatic N) is 4. The molecule has 1 aliphatic heterocycles. The summed E-state index contributed by atoms with van der Waals surface area (Å²) in [6.45, 7) is 12.0. The van der Waals surface area contributed by atoms with Crippen LogP contribution in [0.15, 0.2) is 29.4 Å². The molecule has 32 heavy (non-hydrogen) atoms. The Morgan fingerprint density at radius 1 is 1.19 bits per heavy atom. The highest BCUT2D eigenvalue weighted by atomic mass is 35.5. The number of thioether (sulfide) groups is 1. The Morgan fingerprint density at radius 3 is 2.62 bits per heavy atom. The molecule has 0 N–H and O–H groups in total. The minimum atomic E-state index is -1.98. The lowest BCUT2D eigenvalue weighted by atomic mass is 10.1. The summed E-state index contributed by atoms with van der Waals surface area (Å²) in [5.41, 5.74) is 2.49. The molecule has 172 valence electrons. The molecule has 0 radical (unpaired) electrons. The predicted octanol–water partition coefficient (Wildman–Crippen LogP) is 6.95. The van der Waals surface area contributed by atoms with Gasteiger partial charge in [0, 0.05) is 18.1 Å². The Balaban J connectivity index is 1.86. The van der Waals surface area contributed by atoms with Gasteiger partial charge in [-0.15, -0.1) is 0 Å². The van der Waals surface area contributed by atoms with Gasteiger partial charge in [0.25, 0.3) is 0 Å². The second-order valence-electron chi connectivity index (χ2n) is 9.72. The highest BCUT2D eigenvalue weighted by Crippen LogP contribution is 2.40. The average Bonchev–Trinajstić information content (AvgIpc) is 3.11. The fourth-order valence-corrected chi connectivity index (χ4v) is 5.20. The van der Waals surface area contributed by atoms with Crippen molar-refractivity contribution in [3.8, 4) is 17.1 Å². The van der Waals surface area contributed by atoms with Crippen molar-refractivity contribution >= 4 is 42.6 Å². The zero-order valence-corrected chi connectivity index (χ0v) is 22.2. The lowest BCUT2D eigenvalue weighted by Crippen LogP contribution is -2.43. The molecule has 1 atom stereocenters. The molecule has 1 saturated heterocycles. The fraction of sp³-hybridized carbons (Fsp3) is 0.522. The Kier molecular flexibility index (Phi) is 6.60. The highest BCUT2D eigenvalue weighted by Gasteiger charge is 2.39. The van der Waals surface area contributed by atoms with E-state index in [-0.39, 0.29) is 11.3 Å². The molecular weight excluding hydrogens is 460 g/mol. The third kappa shape index (κ3) is 4.69. The molecular formula is C23H31ClN4O2SSi. The van der Waals surface area contributed by atoms with Gasteiger partial charge in [-0.2, -0.15) is 5.10 Å². The second-order valence-corrected chi connectivity index (χ2v) is 15.6. The van der Waals surface area contributed by atoms with E-state index in [2.05, 4.69) is 51.0 Å². The highest BCUT2D eigenvalue weighted by molar-refractivity contribution is 7.98. The molecule has 3 aromatic rings. The molecule has 0 spiro atoms. The Hall–Kier alpha value is -1.61. The normalized spacial score (nSPS) is 17.7. The molecule has 3 heterocycles. The Labute approximate surface area is 200 Å². The van der Waals surface area contributed by atoms with Gasteiger partial charge in [-0.1, -0.05) is 44.1 Å². The van der Waals surface area contributed by atoms with E-state index in [0.29, 0.717) is 16.0 Å². The smallest absolute Gasteiger partial charge is 0.250 e. The largest absolute Gasteiger partial charge is 0.543 e. The molecule has 4 rings (SSSR count). The van der Waals surface area contributed by atoms with E-state index in [4.69, 9.17) is 30.8 Å². The summed E-state index contributed by atoms with van der Waals surface area (Å²) >= 11 is 7.77. The monoisotopic (exact) mass is 490 g/mol. The zero-order chi connectivity index (χ0) is 23.1. The van der Waals surface area contributed by atoms with E-state index in [1.165, 1.54) is 11.8 Å². The fourth-order valence-electron chi connectivity index (χ4n) is 3.57. The molecule has 2 aromatic heterocycles. The third-order valence-corrected chi connectivity index (χ3v) is 11.5. The lowest BCUT2D eigenvalue weighted by Gasteiger charge is -2.36. The van der Waals surface area contributed by atoms with Crippen LogP contribution in [0, 0.1) is 0 Å². The number of benzene rings is 1. The number of hydrogen-bond donors (Lipinski definition) is 0. The quantitative estimate of drug-likeness (QED) is 0.167. The van der Waals surface area contributed by atoms with E-state index >= 15 is 0 Å². The summed E-state index contributed by atoms with van der Waals surface area (Å²) in [5, 5.41) is 7.10. The van der Waals surface area contributed by atoms with Gasteiger partial charge in [-0.05, 0) is 61.8 Å². The number of ether oxygens (including phenoxy) is 1. The third-order valence-electron chi connectivity index (χ3n) is 6.38. The Bertz CT molecular complexity index is 1120. The van der Waals surface area contributed by atoms with E-state index in [0.717, 1.165) is 48.2 Å². The summed E-state index contributed by atoms with van der Waals surface area (Å²) in [7, 11) is -1.98. The maximum atomic E-state index is 6.60. The lowest BCUT2D eigenvalue weighted by molar-refractivity contribution is -0.0365. The van der Waals surface area contributed by atoms with Crippen molar-refractivity contribution in [1.29, 1.82) is 0 Å². The van der Waals surface area contributed by atoms with Crippen molar-refractivity contribution in [3.63, 3.8) is 0 Å². The average molecular weight is 491 g/mol. The van der Waals surface area contributed by atoms with Crippen LogP contribution in [0.4, 0.5) is 0 Å². The van der Waals surface area contributed by atoms with E-state index in [1.54, 1.807) is 6.07 Å². The van der Waals surface area contributed by atoms with E-state index in [9.17, 15) is 0 Å². The maximum absolute atomic E-state index is 6.60. The second kappa shape index (κ2) is 8.97. The molecule has 0 saturated carbocycles. The SMILES string of the molecule is CSc1nc(Cl)cc(-c2nn(C3CCCCO3)c3ccc(O[Si](C)(C)C(C)(C)C)cc23)n1. The van der Waals surface area contributed by atoms with Crippen LogP contribution < -0.4 is 4.43 Å². The van der Waals surface area contributed by atoms with Crippen LogP contribution in [0.5, 0.6) is 5.75 Å². The van der Waals surface area contributed by atoms with Crippen molar-refractivity contribution in [2.75, 3.05) is 12.9 Å². The predicted molar refractivity (Wildman–Crippen MR) is 134 cm³/mol. The zero-order valence-electron chi connectivity index (χ0n) is 19.6. The van der Waals surface area contributed by atoms with Crippen LogP contribution in [0.1, 0.15) is 46.3 Å². The first-order valence-electron chi connectivity index (χ1n) is 11.0. The van der Waals surface area contributed by atoms with Crippen LogP contribution >= 0.6 is 23.4 Å². The first-order chi connectivity index (χ1) is 15.1. The van der Waals surface area contributed by atoms with Crippen LogP contribution in [0.3, 0.4) is 0 Å². The van der Waals surface area contributed by atoms with Crippen LogP contribution in [0.2, 0.25) is 23.3 Å². The van der Waals surface area contributed by atoms with Crippen molar-refractivity contribution in [2.45, 2.75) is 69.6 Å².